The Balaban J connectivity index is 1.81. The molecule has 0 aromatic rings. The van der Waals surface area contributed by atoms with Gasteiger partial charge in [-0.1, -0.05) is 20.8 Å². The standard InChI is InChI=1S/C13H24N2S/c1-9-6-11(8-13(2,3)7-9)15-12(16)14-10-4-5-10/h9-11H,4-8H2,1-3H3,(H2,14,15,16). The average Bonchev–Trinajstić information content (AvgIpc) is 2.82. The quantitative estimate of drug-likeness (QED) is 0.726. The van der Waals surface area contributed by atoms with Gasteiger partial charge >= 0.3 is 0 Å². The molecule has 0 spiro atoms. The van der Waals surface area contributed by atoms with Crippen LogP contribution in [0.5, 0.6) is 0 Å². The van der Waals surface area contributed by atoms with Gasteiger partial charge in [-0.25, -0.2) is 0 Å². The maximum Gasteiger partial charge on any atom is 0.166 e. The van der Waals surface area contributed by atoms with Gasteiger partial charge in [0, 0.05) is 12.1 Å². The largest absolute Gasteiger partial charge is 0.360 e. The Morgan fingerprint density at radius 1 is 1.12 bits per heavy atom. The molecule has 2 nitrogen and oxygen atoms in total. The van der Waals surface area contributed by atoms with Crippen LogP contribution < -0.4 is 10.6 Å². The van der Waals surface area contributed by atoms with Crippen LogP contribution in [0.4, 0.5) is 0 Å². The lowest BCUT2D eigenvalue weighted by molar-refractivity contribution is 0.161. The first-order valence-electron chi connectivity index (χ1n) is 6.52. The van der Waals surface area contributed by atoms with Gasteiger partial charge in [0.05, 0.1) is 0 Å². The summed E-state index contributed by atoms with van der Waals surface area (Å²) in [5, 5.41) is 7.73. The van der Waals surface area contributed by atoms with Crippen LogP contribution in [-0.2, 0) is 0 Å². The van der Waals surface area contributed by atoms with Crippen molar-refractivity contribution in [2.24, 2.45) is 11.3 Å². The highest BCUT2D eigenvalue weighted by Gasteiger charge is 2.32. The fourth-order valence-corrected chi connectivity index (χ4v) is 3.43. The summed E-state index contributed by atoms with van der Waals surface area (Å²) in [7, 11) is 0. The molecule has 0 amide bonds. The van der Waals surface area contributed by atoms with Gasteiger partial charge in [-0.2, -0.15) is 0 Å². The second-order valence-electron chi connectivity index (χ2n) is 6.50. The fourth-order valence-electron chi connectivity index (χ4n) is 3.10. The summed E-state index contributed by atoms with van der Waals surface area (Å²) in [6, 6.07) is 1.23. The second kappa shape index (κ2) is 4.52. The maximum atomic E-state index is 5.34. The van der Waals surface area contributed by atoms with Crippen LogP contribution in [0.2, 0.25) is 0 Å². The van der Waals surface area contributed by atoms with Crippen molar-refractivity contribution in [1.82, 2.24) is 10.6 Å². The van der Waals surface area contributed by atoms with Crippen LogP contribution >= 0.6 is 12.2 Å². The molecular weight excluding hydrogens is 216 g/mol. The highest BCUT2D eigenvalue weighted by Crippen LogP contribution is 2.38. The van der Waals surface area contributed by atoms with Crippen LogP contribution in [0.3, 0.4) is 0 Å². The number of nitrogens with one attached hydrogen (secondary N) is 2. The van der Waals surface area contributed by atoms with Crippen molar-refractivity contribution in [2.45, 2.75) is 65.0 Å². The highest BCUT2D eigenvalue weighted by atomic mass is 32.1. The predicted molar refractivity (Wildman–Crippen MR) is 72.5 cm³/mol. The van der Waals surface area contributed by atoms with E-state index in [1.807, 2.05) is 0 Å². The van der Waals surface area contributed by atoms with Crippen LogP contribution in [0.25, 0.3) is 0 Å². The third kappa shape index (κ3) is 3.62. The Kier molecular flexibility index (Phi) is 3.43. The molecule has 0 radical (unpaired) electrons. The van der Waals surface area contributed by atoms with Gasteiger partial charge in [-0.3, -0.25) is 0 Å². The number of hydrogen-bond acceptors (Lipinski definition) is 1. The first-order chi connectivity index (χ1) is 7.44. The average molecular weight is 240 g/mol. The van der Waals surface area contributed by atoms with Crippen molar-refractivity contribution in [2.75, 3.05) is 0 Å². The summed E-state index contributed by atoms with van der Waals surface area (Å²) in [6.07, 6.45) is 6.41. The highest BCUT2D eigenvalue weighted by molar-refractivity contribution is 7.80. The van der Waals surface area contributed by atoms with Crippen LogP contribution in [-0.4, -0.2) is 17.2 Å². The summed E-state index contributed by atoms with van der Waals surface area (Å²) in [5.41, 5.74) is 0.463. The molecule has 0 aromatic carbocycles. The molecular formula is C13H24N2S. The Morgan fingerprint density at radius 2 is 1.75 bits per heavy atom. The van der Waals surface area contributed by atoms with Gasteiger partial charge in [-0.05, 0) is 55.7 Å². The van der Waals surface area contributed by atoms with Crippen molar-refractivity contribution in [3.63, 3.8) is 0 Å². The molecule has 2 atom stereocenters. The Morgan fingerprint density at radius 3 is 2.31 bits per heavy atom. The van der Waals surface area contributed by atoms with E-state index in [0.29, 0.717) is 17.5 Å². The Bertz CT molecular complexity index is 271. The number of thiocarbonyl (C=S) groups is 1. The van der Waals surface area contributed by atoms with Gasteiger partial charge in [0.1, 0.15) is 0 Å². The van der Waals surface area contributed by atoms with E-state index in [0.717, 1.165) is 11.0 Å². The van der Waals surface area contributed by atoms with Crippen LogP contribution in [0.1, 0.15) is 52.9 Å². The zero-order valence-corrected chi connectivity index (χ0v) is 11.5. The molecule has 2 unspecified atom stereocenters. The third-order valence-corrected chi connectivity index (χ3v) is 3.87. The lowest BCUT2D eigenvalue weighted by Gasteiger charge is -2.39. The molecule has 2 fully saturated rings. The Hall–Kier alpha value is -0.310. The molecule has 0 heterocycles. The van der Waals surface area contributed by atoms with Gasteiger partial charge in [-0.15, -0.1) is 0 Å². The summed E-state index contributed by atoms with van der Waals surface area (Å²) in [5.74, 6) is 0.810. The van der Waals surface area contributed by atoms with Gasteiger partial charge < -0.3 is 10.6 Å². The molecule has 2 N–H and O–H groups in total. The fraction of sp³-hybridized carbons (Fsp3) is 0.923. The minimum absolute atomic E-state index is 0.463. The summed E-state index contributed by atoms with van der Waals surface area (Å²) >= 11 is 5.34. The van der Waals surface area contributed by atoms with Crippen molar-refractivity contribution >= 4 is 17.3 Å². The summed E-state index contributed by atoms with van der Waals surface area (Å²) in [6.45, 7) is 7.09. The van der Waals surface area contributed by atoms with Gasteiger partial charge in [0.2, 0.25) is 0 Å². The molecule has 0 aromatic heterocycles. The minimum atomic E-state index is 0.463. The molecule has 2 aliphatic carbocycles. The summed E-state index contributed by atoms with van der Waals surface area (Å²) < 4.78 is 0. The van der Waals surface area contributed by atoms with E-state index < -0.39 is 0 Å². The monoisotopic (exact) mass is 240 g/mol. The van der Waals surface area contributed by atoms with E-state index in [2.05, 4.69) is 31.4 Å². The second-order valence-corrected chi connectivity index (χ2v) is 6.91. The molecule has 92 valence electrons. The smallest absolute Gasteiger partial charge is 0.166 e. The normalized spacial score (nSPS) is 33.2. The zero-order chi connectivity index (χ0) is 11.8. The van der Waals surface area contributed by atoms with Crippen molar-refractivity contribution in [3.05, 3.63) is 0 Å². The van der Waals surface area contributed by atoms with E-state index in [9.17, 15) is 0 Å². The Labute approximate surface area is 105 Å². The molecule has 3 heteroatoms. The van der Waals surface area contributed by atoms with E-state index in [4.69, 9.17) is 12.2 Å². The van der Waals surface area contributed by atoms with Gasteiger partial charge in [0.15, 0.2) is 5.11 Å². The summed E-state index contributed by atoms with van der Waals surface area (Å²) in [4.78, 5) is 0. The minimum Gasteiger partial charge on any atom is -0.360 e. The SMILES string of the molecule is CC1CC(NC(=S)NC2CC2)CC(C)(C)C1. The molecule has 0 aliphatic heterocycles. The lowest BCUT2D eigenvalue weighted by atomic mass is 9.71. The zero-order valence-electron chi connectivity index (χ0n) is 10.7. The first-order valence-corrected chi connectivity index (χ1v) is 6.92. The third-order valence-electron chi connectivity index (χ3n) is 3.63. The van der Waals surface area contributed by atoms with Crippen LogP contribution in [0.15, 0.2) is 0 Å². The molecule has 16 heavy (non-hydrogen) atoms. The molecule has 2 aliphatic rings. The predicted octanol–water partition coefficient (Wildman–Crippen LogP) is 2.83. The van der Waals surface area contributed by atoms with Gasteiger partial charge in [0.25, 0.3) is 0 Å². The van der Waals surface area contributed by atoms with Crippen molar-refractivity contribution in [3.8, 4) is 0 Å². The maximum absolute atomic E-state index is 5.34. The van der Waals surface area contributed by atoms with E-state index in [-0.39, 0.29) is 0 Å². The van der Waals surface area contributed by atoms with E-state index in [1.165, 1.54) is 32.1 Å². The molecule has 0 saturated heterocycles. The topological polar surface area (TPSA) is 24.1 Å². The van der Waals surface area contributed by atoms with E-state index in [1.54, 1.807) is 0 Å². The first kappa shape index (κ1) is 12.2. The van der Waals surface area contributed by atoms with Crippen molar-refractivity contribution in [1.29, 1.82) is 0 Å². The molecule has 2 saturated carbocycles. The van der Waals surface area contributed by atoms with E-state index >= 15 is 0 Å². The van der Waals surface area contributed by atoms with Crippen LogP contribution in [0, 0.1) is 11.3 Å². The van der Waals surface area contributed by atoms with Crippen molar-refractivity contribution < 1.29 is 0 Å². The number of rotatable bonds is 2. The molecule has 2 rings (SSSR count). The number of hydrogen-bond donors (Lipinski definition) is 2. The molecule has 0 bridgehead atoms. The lowest BCUT2D eigenvalue weighted by Crippen LogP contribution is -2.47.